The van der Waals surface area contributed by atoms with E-state index in [-0.39, 0.29) is 5.78 Å². The Kier molecular flexibility index (Phi) is 3.73. The SMILES string of the molecule is CC(=O)CN(C)CC1CCCC1. The zero-order valence-corrected chi connectivity index (χ0v) is 8.18. The summed E-state index contributed by atoms with van der Waals surface area (Å²) in [6.45, 7) is 3.39. The molecule has 1 saturated carbocycles. The van der Waals surface area contributed by atoms with E-state index in [4.69, 9.17) is 0 Å². The van der Waals surface area contributed by atoms with Crippen molar-refractivity contribution in [3.8, 4) is 0 Å². The van der Waals surface area contributed by atoms with Crippen LogP contribution in [0.15, 0.2) is 0 Å². The predicted octanol–water partition coefficient (Wildman–Crippen LogP) is 1.70. The van der Waals surface area contributed by atoms with Crippen LogP contribution in [0, 0.1) is 5.92 Å². The first-order valence-corrected chi connectivity index (χ1v) is 4.86. The normalized spacial score (nSPS) is 18.9. The van der Waals surface area contributed by atoms with Gasteiger partial charge in [-0.25, -0.2) is 0 Å². The molecule has 1 aliphatic carbocycles. The molecular weight excluding hydrogens is 150 g/mol. The maximum absolute atomic E-state index is 10.8. The average Bonchev–Trinajstić information content (AvgIpc) is 2.37. The number of carbonyl (C=O) groups excluding carboxylic acids is 1. The highest BCUT2D eigenvalue weighted by atomic mass is 16.1. The Morgan fingerprint density at radius 2 is 2.00 bits per heavy atom. The van der Waals surface area contributed by atoms with E-state index in [0.717, 1.165) is 12.5 Å². The Labute approximate surface area is 74.9 Å². The van der Waals surface area contributed by atoms with Crippen molar-refractivity contribution in [1.29, 1.82) is 0 Å². The van der Waals surface area contributed by atoms with Crippen LogP contribution in [0.2, 0.25) is 0 Å². The van der Waals surface area contributed by atoms with Crippen LogP contribution in [0.4, 0.5) is 0 Å². The van der Waals surface area contributed by atoms with E-state index >= 15 is 0 Å². The van der Waals surface area contributed by atoms with E-state index in [1.165, 1.54) is 25.7 Å². The summed E-state index contributed by atoms with van der Waals surface area (Å²) in [5, 5.41) is 0. The van der Waals surface area contributed by atoms with Crippen LogP contribution >= 0.6 is 0 Å². The van der Waals surface area contributed by atoms with Crippen molar-refractivity contribution < 1.29 is 4.79 Å². The number of ketones is 1. The molecule has 0 saturated heterocycles. The van der Waals surface area contributed by atoms with Gasteiger partial charge in [-0.15, -0.1) is 0 Å². The summed E-state index contributed by atoms with van der Waals surface area (Å²) in [6.07, 6.45) is 5.50. The van der Waals surface area contributed by atoms with Crippen LogP contribution in [0.5, 0.6) is 0 Å². The molecule has 0 N–H and O–H groups in total. The van der Waals surface area contributed by atoms with Crippen LogP contribution in [0.3, 0.4) is 0 Å². The summed E-state index contributed by atoms with van der Waals surface area (Å²) in [7, 11) is 2.04. The third-order valence-corrected chi connectivity index (χ3v) is 2.54. The van der Waals surface area contributed by atoms with Gasteiger partial charge >= 0.3 is 0 Å². The van der Waals surface area contributed by atoms with Crippen LogP contribution in [-0.2, 0) is 4.79 Å². The number of nitrogens with zero attached hydrogens (tertiary/aromatic N) is 1. The second kappa shape index (κ2) is 4.61. The fourth-order valence-electron chi connectivity index (χ4n) is 2.08. The maximum atomic E-state index is 10.8. The molecule has 70 valence electrons. The van der Waals surface area contributed by atoms with Gasteiger partial charge in [-0.2, -0.15) is 0 Å². The lowest BCUT2D eigenvalue weighted by Gasteiger charge is -2.18. The fraction of sp³-hybridized carbons (Fsp3) is 0.900. The highest BCUT2D eigenvalue weighted by Crippen LogP contribution is 2.24. The lowest BCUT2D eigenvalue weighted by atomic mass is 10.1. The number of rotatable bonds is 4. The monoisotopic (exact) mass is 169 g/mol. The number of carbonyl (C=O) groups is 1. The lowest BCUT2D eigenvalue weighted by molar-refractivity contribution is -0.117. The van der Waals surface area contributed by atoms with Crippen LogP contribution in [-0.4, -0.2) is 30.8 Å². The third kappa shape index (κ3) is 3.35. The van der Waals surface area contributed by atoms with Gasteiger partial charge in [0.15, 0.2) is 0 Å². The Balaban J connectivity index is 2.16. The molecule has 0 amide bonds. The van der Waals surface area contributed by atoms with E-state index in [9.17, 15) is 4.79 Å². The zero-order valence-electron chi connectivity index (χ0n) is 8.18. The summed E-state index contributed by atoms with van der Waals surface area (Å²) in [4.78, 5) is 12.9. The van der Waals surface area contributed by atoms with E-state index < -0.39 is 0 Å². The maximum Gasteiger partial charge on any atom is 0.143 e. The van der Waals surface area contributed by atoms with Gasteiger partial charge in [-0.1, -0.05) is 12.8 Å². The van der Waals surface area contributed by atoms with E-state index in [1.807, 2.05) is 7.05 Å². The van der Waals surface area contributed by atoms with E-state index in [2.05, 4.69) is 4.90 Å². The van der Waals surface area contributed by atoms with Gasteiger partial charge < -0.3 is 0 Å². The minimum Gasteiger partial charge on any atom is -0.299 e. The van der Waals surface area contributed by atoms with E-state index in [1.54, 1.807) is 6.92 Å². The van der Waals surface area contributed by atoms with Crippen molar-refractivity contribution in [3.63, 3.8) is 0 Å². The molecule has 0 atom stereocenters. The van der Waals surface area contributed by atoms with Gasteiger partial charge in [0.1, 0.15) is 5.78 Å². The minimum absolute atomic E-state index is 0.274. The standard InChI is InChI=1S/C10H19NO/c1-9(12)7-11(2)8-10-5-3-4-6-10/h10H,3-8H2,1-2H3. The molecule has 0 aromatic carbocycles. The highest BCUT2D eigenvalue weighted by molar-refractivity contribution is 5.77. The third-order valence-electron chi connectivity index (χ3n) is 2.54. The number of Topliss-reactive ketones (excluding diaryl/α,β-unsaturated/α-hetero) is 1. The molecule has 0 spiro atoms. The Morgan fingerprint density at radius 3 is 2.50 bits per heavy atom. The number of hydrogen-bond acceptors (Lipinski definition) is 2. The van der Waals surface area contributed by atoms with Gasteiger partial charge in [-0.05, 0) is 32.7 Å². The Hall–Kier alpha value is -0.370. The van der Waals surface area contributed by atoms with Crippen molar-refractivity contribution in [2.75, 3.05) is 20.1 Å². The molecule has 2 heteroatoms. The minimum atomic E-state index is 0.274. The van der Waals surface area contributed by atoms with Crippen LogP contribution in [0.25, 0.3) is 0 Å². The molecule has 1 rings (SSSR count). The topological polar surface area (TPSA) is 20.3 Å². The Bertz CT molecular complexity index is 150. The zero-order chi connectivity index (χ0) is 8.97. The van der Waals surface area contributed by atoms with Crippen molar-refractivity contribution in [2.45, 2.75) is 32.6 Å². The molecule has 0 aliphatic heterocycles. The molecule has 12 heavy (non-hydrogen) atoms. The summed E-state index contributed by atoms with van der Waals surface area (Å²) < 4.78 is 0. The van der Waals surface area contributed by atoms with Crippen LogP contribution < -0.4 is 0 Å². The molecule has 0 aromatic rings. The quantitative estimate of drug-likeness (QED) is 0.638. The van der Waals surface area contributed by atoms with Crippen molar-refractivity contribution in [1.82, 2.24) is 4.90 Å². The average molecular weight is 169 g/mol. The molecule has 0 heterocycles. The molecule has 1 fully saturated rings. The van der Waals surface area contributed by atoms with Crippen molar-refractivity contribution in [3.05, 3.63) is 0 Å². The first kappa shape index (κ1) is 9.72. The van der Waals surface area contributed by atoms with Gasteiger partial charge in [0, 0.05) is 6.54 Å². The van der Waals surface area contributed by atoms with Gasteiger partial charge in [-0.3, -0.25) is 9.69 Å². The first-order valence-electron chi connectivity index (χ1n) is 4.86. The van der Waals surface area contributed by atoms with E-state index in [0.29, 0.717) is 6.54 Å². The summed E-state index contributed by atoms with van der Waals surface area (Å²) in [5.41, 5.74) is 0. The van der Waals surface area contributed by atoms with Crippen molar-refractivity contribution >= 4 is 5.78 Å². The smallest absolute Gasteiger partial charge is 0.143 e. The van der Waals surface area contributed by atoms with Gasteiger partial charge in [0.05, 0.1) is 6.54 Å². The largest absolute Gasteiger partial charge is 0.299 e. The number of likely N-dealkylation sites (N-methyl/N-ethyl adjacent to an activating group) is 1. The molecule has 0 bridgehead atoms. The van der Waals surface area contributed by atoms with Crippen molar-refractivity contribution in [2.24, 2.45) is 5.92 Å². The van der Waals surface area contributed by atoms with Gasteiger partial charge in [0.25, 0.3) is 0 Å². The molecule has 1 aliphatic rings. The highest BCUT2D eigenvalue weighted by Gasteiger charge is 2.16. The first-order chi connectivity index (χ1) is 5.68. The molecule has 0 radical (unpaired) electrons. The second-order valence-corrected chi connectivity index (χ2v) is 4.05. The molecular formula is C10H19NO. The predicted molar refractivity (Wildman–Crippen MR) is 50.1 cm³/mol. The number of hydrogen-bond donors (Lipinski definition) is 0. The summed E-state index contributed by atoms with van der Waals surface area (Å²) >= 11 is 0. The van der Waals surface area contributed by atoms with Gasteiger partial charge in [0.2, 0.25) is 0 Å². The lowest BCUT2D eigenvalue weighted by Crippen LogP contribution is -2.28. The fourth-order valence-corrected chi connectivity index (χ4v) is 2.08. The van der Waals surface area contributed by atoms with Crippen LogP contribution in [0.1, 0.15) is 32.6 Å². The summed E-state index contributed by atoms with van der Waals surface area (Å²) in [6, 6.07) is 0. The molecule has 2 nitrogen and oxygen atoms in total. The molecule has 0 aromatic heterocycles. The summed E-state index contributed by atoms with van der Waals surface area (Å²) in [5.74, 6) is 1.13. The second-order valence-electron chi connectivity index (χ2n) is 4.05. The molecule has 0 unspecified atom stereocenters. The Morgan fingerprint density at radius 1 is 1.42 bits per heavy atom.